The largest absolute Gasteiger partial charge is 0.446 e. The van der Waals surface area contributed by atoms with Crippen LogP contribution < -0.4 is 19.6 Å². The van der Waals surface area contributed by atoms with E-state index in [4.69, 9.17) is 9.47 Å². The summed E-state index contributed by atoms with van der Waals surface area (Å²) in [6.45, 7) is 6.51. The topological polar surface area (TPSA) is 125 Å². The minimum Gasteiger partial charge on any atom is -0.446 e. The van der Waals surface area contributed by atoms with Gasteiger partial charge in [-0.3, -0.25) is 9.59 Å². The fourth-order valence-electron chi connectivity index (χ4n) is 6.45. The summed E-state index contributed by atoms with van der Waals surface area (Å²) in [4.78, 5) is 61.4. The van der Waals surface area contributed by atoms with Crippen LogP contribution in [0.2, 0.25) is 0 Å². The average Bonchev–Trinajstić information content (AvgIpc) is 3.78. The number of alkyl halides is 6. The number of carbonyl (C=O) groups excluding carboxylic acids is 4. The Bertz CT molecular complexity index is 2450. The van der Waals surface area contributed by atoms with Crippen LogP contribution >= 0.6 is 0 Å². The first kappa shape index (κ1) is 46.3. The number of carbonyl (C=O) groups is 4. The van der Waals surface area contributed by atoms with Gasteiger partial charge in [-0.2, -0.15) is 26.3 Å². The average molecular weight is 885 g/mol. The lowest BCUT2D eigenvalue weighted by Gasteiger charge is -2.26. The fourth-order valence-corrected chi connectivity index (χ4v) is 6.45. The summed E-state index contributed by atoms with van der Waals surface area (Å²) in [5.41, 5.74) is -3.40. The Hall–Kier alpha value is -6.74. The number of anilines is 4. The maximum atomic E-state index is 14.7. The Morgan fingerprint density at radius 2 is 1.13 bits per heavy atom. The zero-order valence-corrected chi connectivity index (χ0v) is 33.1. The van der Waals surface area contributed by atoms with E-state index in [0.29, 0.717) is 21.9 Å². The molecule has 2 aliphatic rings. The SMILES string of the molecule is C=Cc1c(F)ccc(N(C)C(=O)[C@@H]2COC(=O)N2c2cc(C(F)(F)F)cc(C)n2)c1F.CCc1c(F)ccc(N(C)C(=O)[C@@H]2COC(=O)N2c2cc(C(F)(F)F)cc(C)n2)c1F. The number of pyridine rings is 2. The van der Waals surface area contributed by atoms with Gasteiger partial charge in [0.2, 0.25) is 0 Å². The number of hydrogen-bond donors (Lipinski definition) is 0. The highest BCUT2D eigenvalue weighted by Crippen LogP contribution is 2.36. The number of likely N-dealkylation sites (N-methyl/N-ethyl adjacent to an activating group) is 2. The van der Waals surface area contributed by atoms with E-state index >= 15 is 0 Å². The molecular formula is C40H34F10N6O6. The highest BCUT2D eigenvalue weighted by atomic mass is 19.4. The zero-order valence-electron chi connectivity index (χ0n) is 33.1. The lowest BCUT2D eigenvalue weighted by Crippen LogP contribution is -2.47. The van der Waals surface area contributed by atoms with E-state index in [0.717, 1.165) is 52.3 Å². The van der Waals surface area contributed by atoms with Crippen molar-refractivity contribution >= 4 is 53.1 Å². The first-order chi connectivity index (χ1) is 28.9. The number of benzene rings is 2. The summed E-state index contributed by atoms with van der Waals surface area (Å²) in [5, 5.41) is 0. The van der Waals surface area contributed by atoms with E-state index in [2.05, 4.69) is 16.5 Å². The van der Waals surface area contributed by atoms with Crippen molar-refractivity contribution in [3.05, 3.63) is 112 Å². The van der Waals surface area contributed by atoms with Crippen LogP contribution in [0.4, 0.5) is 76.5 Å². The summed E-state index contributed by atoms with van der Waals surface area (Å²) in [6.07, 6.45) is -10.6. The molecule has 0 unspecified atom stereocenters. The van der Waals surface area contributed by atoms with Gasteiger partial charge in [-0.15, -0.1) is 0 Å². The first-order valence-corrected chi connectivity index (χ1v) is 18.1. The second-order valence-corrected chi connectivity index (χ2v) is 13.6. The predicted octanol–water partition coefficient (Wildman–Crippen LogP) is 8.56. The number of hydrogen-bond acceptors (Lipinski definition) is 8. The van der Waals surface area contributed by atoms with Crippen LogP contribution in [-0.2, 0) is 37.8 Å². The number of cyclic esters (lactones) is 2. The van der Waals surface area contributed by atoms with Gasteiger partial charge >= 0.3 is 24.5 Å². The number of aryl methyl sites for hydroxylation is 2. The molecule has 2 saturated heterocycles. The minimum absolute atomic E-state index is 0.0266. The molecule has 0 saturated carbocycles. The number of rotatable bonds is 8. The molecule has 2 aromatic carbocycles. The third-order valence-electron chi connectivity index (χ3n) is 9.56. The molecule has 0 bridgehead atoms. The molecular weight excluding hydrogens is 850 g/mol. The molecule has 2 fully saturated rings. The summed E-state index contributed by atoms with van der Waals surface area (Å²) in [7, 11) is 2.39. The highest BCUT2D eigenvalue weighted by Gasteiger charge is 2.45. The Morgan fingerprint density at radius 3 is 1.52 bits per heavy atom. The maximum Gasteiger partial charge on any atom is 0.416 e. The fraction of sp³-hybridized carbons (Fsp3) is 0.300. The van der Waals surface area contributed by atoms with Gasteiger partial charge < -0.3 is 19.3 Å². The molecule has 4 amide bonds. The maximum absolute atomic E-state index is 14.7. The highest BCUT2D eigenvalue weighted by molar-refractivity contribution is 6.06. The van der Waals surface area contributed by atoms with Gasteiger partial charge in [0.1, 0.15) is 36.5 Å². The molecule has 330 valence electrons. The van der Waals surface area contributed by atoms with Crippen molar-refractivity contribution in [3.8, 4) is 0 Å². The third-order valence-corrected chi connectivity index (χ3v) is 9.56. The van der Waals surface area contributed by atoms with Crippen molar-refractivity contribution in [1.29, 1.82) is 0 Å². The summed E-state index contributed by atoms with van der Waals surface area (Å²) >= 11 is 0. The van der Waals surface area contributed by atoms with Crippen LogP contribution in [0.15, 0.2) is 55.1 Å². The van der Waals surface area contributed by atoms with E-state index in [1.165, 1.54) is 27.9 Å². The van der Waals surface area contributed by atoms with Gasteiger partial charge in [-0.25, -0.2) is 46.9 Å². The smallest absolute Gasteiger partial charge is 0.416 e. The van der Waals surface area contributed by atoms with Crippen molar-refractivity contribution in [2.24, 2.45) is 0 Å². The summed E-state index contributed by atoms with van der Waals surface area (Å²) in [5.74, 6) is -6.23. The van der Waals surface area contributed by atoms with Crippen LogP contribution in [0.3, 0.4) is 0 Å². The molecule has 2 atom stereocenters. The molecule has 12 nitrogen and oxygen atoms in total. The van der Waals surface area contributed by atoms with Gasteiger partial charge in [0.05, 0.1) is 22.5 Å². The Labute approximate surface area is 345 Å². The van der Waals surface area contributed by atoms with Crippen LogP contribution in [0, 0.1) is 37.1 Å². The molecule has 62 heavy (non-hydrogen) atoms. The van der Waals surface area contributed by atoms with Gasteiger partial charge in [0.15, 0.2) is 23.7 Å². The standard InChI is InChI=1S/C20H18F5N3O3.C20H16F5N3O3/c2*1-4-12-13(21)5-6-14(17(12)22)27(3)18(29)15-9-31-19(30)28(15)16-8-11(20(23,24)25)7-10(2)26-16/h5-8,15H,4,9H2,1-3H3;4-8,15H,1,9H2,2-3H3/t2*15-/m00/s1. The summed E-state index contributed by atoms with van der Waals surface area (Å²) < 4.78 is 146. The molecule has 0 radical (unpaired) electrons. The van der Waals surface area contributed by atoms with Crippen molar-refractivity contribution < 1.29 is 72.6 Å². The van der Waals surface area contributed by atoms with E-state index in [9.17, 15) is 63.1 Å². The molecule has 4 heterocycles. The lowest BCUT2D eigenvalue weighted by atomic mass is 10.1. The lowest BCUT2D eigenvalue weighted by molar-refractivity contribution is -0.138. The quantitative estimate of drug-likeness (QED) is 0.161. The van der Waals surface area contributed by atoms with Crippen molar-refractivity contribution in [2.45, 2.75) is 51.6 Å². The van der Waals surface area contributed by atoms with Crippen molar-refractivity contribution in [3.63, 3.8) is 0 Å². The minimum atomic E-state index is -4.71. The molecule has 0 N–H and O–H groups in total. The monoisotopic (exact) mass is 884 g/mol. The summed E-state index contributed by atoms with van der Waals surface area (Å²) in [6, 6.07) is 4.07. The van der Waals surface area contributed by atoms with Crippen molar-refractivity contribution in [1.82, 2.24) is 9.97 Å². The number of amides is 4. The molecule has 6 rings (SSSR count). The van der Waals surface area contributed by atoms with E-state index in [1.807, 2.05) is 0 Å². The molecule has 0 aliphatic carbocycles. The zero-order chi connectivity index (χ0) is 46.2. The number of aromatic nitrogens is 2. The molecule has 2 aromatic heterocycles. The second kappa shape index (κ2) is 17.7. The van der Waals surface area contributed by atoms with Crippen LogP contribution in [0.5, 0.6) is 0 Å². The van der Waals surface area contributed by atoms with E-state index in [-0.39, 0.29) is 34.7 Å². The Kier molecular flexibility index (Phi) is 13.2. The van der Waals surface area contributed by atoms with Gasteiger partial charge in [0, 0.05) is 36.6 Å². The van der Waals surface area contributed by atoms with Crippen LogP contribution in [0.1, 0.15) is 40.6 Å². The Balaban J connectivity index is 0.000000234. The molecule has 4 aromatic rings. The van der Waals surface area contributed by atoms with Crippen LogP contribution in [-0.4, -0.2) is 73.4 Å². The van der Waals surface area contributed by atoms with Gasteiger partial charge in [0.25, 0.3) is 11.8 Å². The number of halogens is 10. The van der Waals surface area contributed by atoms with E-state index in [1.54, 1.807) is 6.92 Å². The number of ether oxygens (including phenoxy) is 2. The number of nitrogens with zero attached hydrogens (tertiary/aromatic N) is 6. The second-order valence-electron chi connectivity index (χ2n) is 13.6. The van der Waals surface area contributed by atoms with Gasteiger partial charge in [-0.1, -0.05) is 19.6 Å². The first-order valence-electron chi connectivity index (χ1n) is 18.1. The Morgan fingerprint density at radius 1 is 0.726 bits per heavy atom. The molecule has 2 aliphatic heterocycles. The van der Waals surface area contributed by atoms with Gasteiger partial charge in [-0.05, 0) is 68.8 Å². The molecule has 0 spiro atoms. The third kappa shape index (κ3) is 9.27. The van der Waals surface area contributed by atoms with Crippen molar-refractivity contribution in [2.75, 3.05) is 46.9 Å². The van der Waals surface area contributed by atoms with E-state index < -0.39 is 113 Å². The normalized spacial score (nSPS) is 16.4. The predicted molar refractivity (Wildman–Crippen MR) is 202 cm³/mol. The van der Waals surface area contributed by atoms with Crippen LogP contribution in [0.25, 0.3) is 6.08 Å². The molecule has 22 heteroatoms.